The summed E-state index contributed by atoms with van der Waals surface area (Å²) in [5.74, 6) is 0.781. The van der Waals surface area contributed by atoms with Gasteiger partial charge >= 0.3 is 0 Å². The van der Waals surface area contributed by atoms with Gasteiger partial charge in [0, 0.05) is 24.6 Å². The van der Waals surface area contributed by atoms with E-state index in [4.69, 9.17) is 0 Å². The van der Waals surface area contributed by atoms with E-state index in [0.29, 0.717) is 23.7 Å². The summed E-state index contributed by atoms with van der Waals surface area (Å²) in [7, 11) is 0. The standard InChI is InChI=1S/C25H30N2O2/c1-3-12-25-13-11-21(28)16-20(25)7-4-6-18-15-19(9-10-22(18)25)24(29)27-23-8-5-14-26-17(23)2/h5,8-10,14-15,20H,3-4,6-7,11-13,16H2,1-2H3,(H,27,29). The van der Waals surface area contributed by atoms with Crippen LogP contribution in [-0.2, 0) is 16.6 Å². The van der Waals surface area contributed by atoms with E-state index in [9.17, 15) is 9.59 Å². The summed E-state index contributed by atoms with van der Waals surface area (Å²) in [6.07, 6.45) is 9.52. The summed E-state index contributed by atoms with van der Waals surface area (Å²) >= 11 is 0. The summed E-state index contributed by atoms with van der Waals surface area (Å²) in [6.45, 7) is 4.14. The van der Waals surface area contributed by atoms with Crippen LogP contribution in [-0.4, -0.2) is 16.7 Å². The lowest BCUT2D eigenvalue weighted by Crippen LogP contribution is -2.40. The van der Waals surface area contributed by atoms with E-state index in [0.717, 1.165) is 56.3 Å². The molecule has 1 aromatic heterocycles. The van der Waals surface area contributed by atoms with Gasteiger partial charge in [-0.25, -0.2) is 0 Å². The topological polar surface area (TPSA) is 59.1 Å². The van der Waals surface area contributed by atoms with Crippen LogP contribution in [0.2, 0.25) is 0 Å². The molecule has 1 N–H and O–H groups in total. The molecule has 4 nitrogen and oxygen atoms in total. The Morgan fingerprint density at radius 2 is 2.14 bits per heavy atom. The molecule has 2 atom stereocenters. The molecule has 152 valence electrons. The number of carbonyl (C=O) groups excluding carboxylic acids is 2. The summed E-state index contributed by atoms with van der Waals surface area (Å²) < 4.78 is 0. The van der Waals surface area contributed by atoms with Crippen LogP contribution >= 0.6 is 0 Å². The van der Waals surface area contributed by atoms with E-state index in [-0.39, 0.29) is 11.3 Å². The van der Waals surface area contributed by atoms with Crippen molar-refractivity contribution in [3.05, 3.63) is 58.9 Å². The second kappa shape index (κ2) is 8.10. The van der Waals surface area contributed by atoms with Crippen molar-refractivity contribution in [2.45, 2.75) is 70.6 Å². The van der Waals surface area contributed by atoms with Crippen molar-refractivity contribution in [2.24, 2.45) is 5.92 Å². The van der Waals surface area contributed by atoms with Crippen molar-refractivity contribution in [2.75, 3.05) is 5.32 Å². The normalized spacial score (nSPS) is 23.7. The van der Waals surface area contributed by atoms with Gasteiger partial charge in [0.1, 0.15) is 5.78 Å². The lowest BCUT2D eigenvalue weighted by Gasteiger charge is -2.44. The first-order valence-corrected chi connectivity index (χ1v) is 10.9. The van der Waals surface area contributed by atoms with Crippen LogP contribution in [0.25, 0.3) is 0 Å². The van der Waals surface area contributed by atoms with Gasteiger partial charge in [-0.05, 0) is 85.8 Å². The lowest BCUT2D eigenvalue weighted by molar-refractivity contribution is -0.123. The maximum absolute atomic E-state index is 12.9. The maximum atomic E-state index is 12.9. The molecule has 1 fully saturated rings. The van der Waals surface area contributed by atoms with Gasteiger partial charge < -0.3 is 5.32 Å². The molecule has 4 heteroatoms. The van der Waals surface area contributed by atoms with E-state index in [2.05, 4.69) is 29.4 Å². The van der Waals surface area contributed by atoms with E-state index < -0.39 is 0 Å². The zero-order valence-corrected chi connectivity index (χ0v) is 17.5. The zero-order valence-electron chi connectivity index (χ0n) is 17.5. The van der Waals surface area contributed by atoms with Crippen molar-refractivity contribution in [3.63, 3.8) is 0 Å². The molecule has 2 aliphatic carbocycles. The number of carbonyl (C=O) groups is 2. The van der Waals surface area contributed by atoms with Crippen LogP contribution in [0, 0.1) is 12.8 Å². The first-order chi connectivity index (χ1) is 14.0. The Hall–Kier alpha value is -2.49. The molecule has 0 aliphatic heterocycles. The maximum Gasteiger partial charge on any atom is 0.255 e. The number of rotatable bonds is 4. The third-order valence-corrected chi connectivity index (χ3v) is 6.96. The van der Waals surface area contributed by atoms with Crippen molar-refractivity contribution in [1.29, 1.82) is 0 Å². The summed E-state index contributed by atoms with van der Waals surface area (Å²) in [6, 6.07) is 9.95. The fourth-order valence-corrected chi connectivity index (χ4v) is 5.56. The van der Waals surface area contributed by atoms with Crippen LogP contribution in [0.5, 0.6) is 0 Å². The molecule has 4 rings (SSSR count). The molecule has 2 unspecified atom stereocenters. The number of aromatic nitrogens is 1. The van der Waals surface area contributed by atoms with Crippen LogP contribution in [0.4, 0.5) is 5.69 Å². The van der Waals surface area contributed by atoms with Crippen molar-refractivity contribution >= 4 is 17.4 Å². The highest BCUT2D eigenvalue weighted by molar-refractivity contribution is 6.04. The Kier molecular flexibility index (Phi) is 5.53. The number of fused-ring (bicyclic) bond motifs is 3. The van der Waals surface area contributed by atoms with Crippen LogP contribution < -0.4 is 5.32 Å². The quantitative estimate of drug-likeness (QED) is 0.762. The third-order valence-electron chi connectivity index (χ3n) is 6.96. The van der Waals surface area contributed by atoms with Crippen molar-refractivity contribution in [1.82, 2.24) is 4.98 Å². The van der Waals surface area contributed by atoms with E-state index in [1.54, 1.807) is 6.20 Å². The number of aryl methyl sites for hydroxylation is 2. The zero-order chi connectivity index (χ0) is 20.4. The Morgan fingerprint density at radius 3 is 2.93 bits per heavy atom. The number of ketones is 1. The minimum absolute atomic E-state index is 0.0898. The van der Waals surface area contributed by atoms with Crippen LogP contribution in [0.3, 0.4) is 0 Å². The van der Waals surface area contributed by atoms with Crippen molar-refractivity contribution < 1.29 is 9.59 Å². The Labute approximate surface area is 173 Å². The minimum atomic E-state index is -0.0898. The van der Waals surface area contributed by atoms with Gasteiger partial charge in [0.2, 0.25) is 0 Å². The number of anilines is 1. The fourth-order valence-electron chi connectivity index (χ4n) is 5.56. The number of pyridine rings is 1. The van der Waals surface area contributed by atoms with Gasteiger partial charge in [-0.2, -0.15) is 0 Å². The number of nitrogens with zero attached hydrogens (tertiary/aromatic N) is 1. The van der Waals surface area contributed by atoms with Gasteiger partial charge in [0.25, 0.3) is 5.91 Å². The second-order valence-corrected chi connectivity index (χ2v) is 8.70. The molecule has 0 saturated heterocycles. The molecular formula is C25H30N2O2. The van der Waals surface area contributed by atoms with Crippen LogP contribution in [0.15, 0.2) is 36.5 Å². The number of hydrogen-bond donors (Lipinski definition) is 1. The number of Topliss-reactive ketones (excluding diaryl/α,β-unsaturated/α-hetero) is 1. The summed E-state index contributed by atoms with van der Waals surface area (Å²) in [4.78, 5) is 29.3. The fraction of sp³-hybridized carbons (Fsp3) is 0.480. The predicted octanol–water partition coefficient (Wildman–Crippen LogP) is 5.39. The smallest absolute Gasteiger partial charge is 0.255 e. The highest BCUT2D eigenvalue weighted by Crippen LogP contribution is 2.51. The van der Waals surface area contributed by atoms with E-state index in [1.807, 2.05) is 25.1 Å². The highest BCUT2D eigenvalue weighted by Gasteiger charge is 2.45. The minimum Gasteiger partial charge on any atom is -0.320 e. The average molecular weight is 391 g/mol. The number of amides is 1. The van der Waals surface area contributed by atoms with Gasteiger partial charge in [-0.1, -0.05) is 19.4 Å². The molecule has 0 bridgehead atoms. The molecule has 2 aliphatic rings. The molecular weight excluding hydrogens is 360 g/mol. The molecule has 0 radical (unpaired) electrons. The third kappa shape index (κ3) is 3.73. The van der Waals surface area contributed by atoms with Gasteiger partial charge in [-0.3, -0.25) is 14.6 Å². The summed E-state index contributed by atoms with van der Waals surface area (Å²) in [5.41, 5.74) is 5.05. The largest absolute Gasteiger partial charge is 0.320 e. The van der Waals surface area contributed by atoms with E-state index >= 15 is 0 Å². The first-order valence-electron chi connectivity index (χ1n) is 10.9. The molecule has 0 spiro atoms. The van der Waals surface area contributed by atoms with Gasteiger partial charge in [0.15, 0.2) is 0 Å². The Balaban J connectivity index is 1.67. The first kappa shape index (κ1) is 19.8. The molecule has 1 amide bonds. The monoisotopic (exact) mass is 390 g/mol. The highest BCUT2D eigenvalue weighted by atomic mass is 16.1. The molecule has 1 heterocycles. The molecule has 1 aromatic carbocycles. The Morgan fingerprint density at radius 1 is 1.28 bits per heavy atom. The van der Waals surface area contributed by atoms with Crippen molar-refractivity contribution in [3.8, 4) is 0 Å². The van der Waals surface area contributed by atoms with Gasteiger partial charge in [-0.15, -0.1) is 0 Å². The summed E-state index contributed by atoms with van der Waals surface area (Å²) in [5, 5.41) is 3.00. The number of benzene rings is 1. The number of nitrogens with one attached hydrogen (secondary N) is 1. The SMILES string of the molecule is CCCC12CCC(=O)CC1CCCc1cc(C(=O)Nc3cccnc3C)ccc12. The molecule has 2 aromatic rings. The van der Waals surface area contributed by atoms with Gasteiger partial charge in [0.05, 0.1) is 11.4 Å². The van der Waals surface area contributed by atoms with Crippen LogP contribution in [0.1, 0.15) is 79.0 Å². The predicted molar refractivity (Wildman–Crippen MR) is 115 cm³/mol. The Bertz CT molecular complexity index is 936. The molecule has 1 saturated carbocycles. The average Bonchev–Trinajstić information content (AvgIpc) is 2.86. The lowest BCUT2D eigenvalue weighted by atomic mass is 9.59. The second-order valence-electron chi connectivity index (χ2n) is 8.70. The number of hydrogen-bond acceptors (Lipinski definition) is 3. The van der Waals surface area contributed by atoms with E-state index in [1.165, 1.54) is 11.1 Å². The molecule has 29 heavy (non-hydrogen) atoms.